The fourth-order valence-corrected chi connectivity index (χ4v) is 2.93. The molecular weight excluding hydrogens is 230 g/mol. The molecule has 0 aromatic heterocycles. The highest BCUT2D eigenvalue weighted by molar-refractivity contribution is 7.85. The summed E-state index contributed by atoms with van der Waals surface area (Å²) in [4.78, 5) is 0. The fraction of sp³-hybridized carbons (Fsp3) is 1.00. The first kappa shape index (κ1) is 13.9. The summed E-state index contributed by atoms with van der Waals surface area (Å²) in [5.74, 6) is -0.125. The van der Waals surface area contributed by atoms with Gasteiger partial charge in [-0.3, -0.25) is 4.55 Å². The van der Waals surface area contributed by atoms with Crippen LogP contribution < -0.4 is 0 Å². The molecule has 16 heavy (non-hydrogen) atoms. The van der Waals surface area contributed by atoms with E-state index in [-0.39, 0.29) is 5.75 Å². The third kappa shape index (κ3) is 4.78. The van der Waals surface area contributed by atoms with Gasteiger partial charge in [-0.05, 0) is 0 Å². The van der Waals surface area contributed by atoms with Crippen molar-refractivity contribution in [2.45, 2.75) is 19.3 Å². The molecule has 1 N–H and O–H groups in total. The Morgan fingerprint density at radius 2 is 1.88 bits per heavy atom. The maximum atomic E-state index is 10.6. The van der Waals surface area contributed by atoms with Crippen LogP contribution in [-0.2, 0) is 14.9 Å². The Morgan fingerprint density at radius 3 is 2.38 bits per heavy atom. The largest absolute Gasteiger partial charge is 0.379 e. The number of methoxy groups -OCH3 is 1. The number of rotatable bonds is 7. The van der Waals surface area contributed by atoms with E-state index in [9.17, 15) is 8.42 Å². The lowest BCUT2D eigenvalue weighted by Gasteiger charge is -2.34. The van der Waals surface area contributed by atoms with Gasteiger partial charge >= 0.3 is 0 Å². The number of nitrogens with zero attached hydrogens (tertiary/aromatic N) is 1. The second kappa shape index (κ2) is 5.95. The summed E-state index contributed by atoms with van der Waals surface area (Å²) in [6.07, 6.45) is 2.94. The van der Waals surface area contributed by atoms with Crippen molar-refractivity contribution in [2.24, 2.45) is 0 Å². The van der Waals surface area contributed by atoms with Crippen molar-refractivity contribution in [2.75, 3.05) is 45.6 Å². The van der Waals surface area contributed by atoms with Crippen molar-refractivity contribution in [3.63, 3.8) is 0 Å². The van der Waals surface area contributed by atoms with Gasteiger partial charge in [-0.1, -0.05) is 0 Å². The lowest BCUT2D eigenvalue weighted by molar-refractivity contribution is -0.917. The molecule has 0 spiro atoms. The summed E-state index contributed by atoms with van der Waals surface area (Å²) in [5.41, 5.74) is 0. The summed E-state index contributed by atoms with van der Waals surface area (Å²) >= 11 is 0. The van der Waals surface area contributed by atoms with Gasteiger partial charge in [-0.15, -0.1) is 0 Å². The number of hydrogen-bond acceptors (Lipinski definition) is 3. The molecule has 0 aliphatic carbocycles. The molecule has 0 saturated carbocycles. The lowest BCUT2D eigenvalue weighted by atomic mass is 10.3. The molecule has 0 aromatic rings. The van der Waals surface area contributed by atoms with Crippen molar-refractivity contribution in [1.82, 2.24) is 0 Å². The average molecular weight is 252 g/mol. The lowest BCUT2D eigenvalue weighted by Crippen LogP contribution is -2.48. The molecular formula is C10H22NO4S+. The Hall–Kier alpha value is -0.170. The van der Waals surface area contributed by atoms with Crippen LogP contribution in [0.3, 0.4) is 0 Å². The monoisotopic (exact) mass is 252 g/mol. The topological polar surface area (TPSA) is 63.6 Å². The van der Waals surface area contributed by atoms with Crippen molar-refractivity contribution < 1.29 is 22.2 Å². The second-order valence-corrected chi connectivity index (χ2v) is 6.15. The maximum Gasteiger partial charge on any atom is 0.265 e. The van der Waals surface area contributed by atoms with Gasteiger partial charge in [0.15, 0.2) is 0 Å². The first-order valence-electron chi connectivity index (χ1n) is 5.77. The molecule has 0 radical (unpaired) electrons. The Balaban J connectivity index is 2.39. The van der Waals surface area contributed by atoms with Gasteiger partial charge < -0.3 is 9.22 Å². The third-order valence-corrected chi connectivity index (χ3v) is 4.12. The van der Waals surface area contributed by atoms with E-state index >= 15 is 0 Å². The molecule has 0 bridgehead atoms. The molecule has 1 fully saturated rings. The van der Waals surface area contributed by atoms with Gasteiger partial charge in [0.2, 0.25) is 0 Å². The number of hydrogen-bond donors (Lipinski definition) is 1. The van der Waals surface area contributed by atoms with E-state index in [0.717, 1.165) is 30.7 Å². The average Bonchev–Trinajstić information content (AvgIpc) is 2.62. The normalized spacial score (nSPS) is 20.1. The first-order chi connectivity index (χ1) is 7.47. The minimum Gasteiger partial charge on any atom is -0.379 e. The van der Waals surface area contributed by atoms with Gasteiger partial charge in [0.1, 0.15) is 6.54 Å². The third-order valence-electron chi connectivity index (χ3n) is 3.32. The minimum absolute atomic E-state index is 0.125. The molecule has 1 aliphatic rings. The zero-order valence-corrected chi connectivity index (χ0v) is 10.7. The zero-order chi connectivity index (χ0) is 12.1. The zero-order valence-electron chi connectivity index (χ0n) is 9.89. The molecule has 1 heterocycles. The summed E-state index contributed by atoms with van der Waals surface area (Å²) in [6, 6.07) is 0. The quantitative estimate of drug-likeness (QED) is 0.530. The van der Waals surface area contributed by atoms with Crippen LogP contribution in [-0.4, -0.2) is 63.1 Å². The van der Waals surface area contributed by atoms with Crippen LogP contribution in [0.25, 0.3) is 0 Å². The first-order valence-corrected chi connectivity index (χ1v) is 7.38. The fourth-order valence-electron chi connectivity index (χ4n) is 2.43. The molecule has 0 atom stereocenters. The van der Waals surface area contributed by atoms with Gasteiger partial charge in [0, 0.05) is 26.4 Å². The summed E-state index contributed by atoms with van der Waals surface area (Å²) in [5, 5.41) is 0. The van der Waals surface area contributed by atoms with E-state index in [1.54, 1.807) is 7.11 Å². The standard InChI is InChI=1S/C10H21NO4S/c1-15-9-8-11(5-2-3-6-11)7-4-10-16(12,13)14/h2-10H2,1H3/p+1. The van der Waals surface area contributed by atoms with E-state index in [1.165, 1.54) is 12.8 Å². The second-order valence-electron chi connectivity index (χ2n) is 4.58. The van der Waals surface area contributed by atoms with Crippen LogP contribution in [0, 0.1) is 0 Å². The number of quaternary nitrogens is 1. The summed E-state index contributed by atoms with van der Waals surface area (Å²) in [7, 11) is -2.12. The van der Waals surface area contributed by atoms with Gasteiger partial charge in [-0.25, -0.2) is 0 Å². The van der Waals surface area contributed by atoms with Crippen LogP contribution in [0.1, 0.15) is 19.3 Å². The van der Waals surface area contributed by atoms with Crippen molar-refractivity contribution in [1.29, 1.82) is 0 Å². The highest BCUT2D eigenvalue weighted by Crippen LogP contribution is 2.19. The predicted molar refractivity (Wildman–Crippen MR) is 61.9 cm³/mol. The summed E-state index contributed by atoms with van der Waals surface area (Å²) in [6.45, 7) is 4.70. The van der Waals surface area contributed by atoms with Crippen LogP contribution in [0.15, 0.2) is 0 Å². The molecule has 0 amide bonds. The van der Waals surface area contributed by atoms with E-state index in [4.69, 9.17) is 9.29 Å². The van der Waals surface area contributed by atoms with Crippen molar-refractivity contribution in [3.05, 3.63) is 0 Å². The van der Waals surface area contributed by atoms with Crippen LogP contribution in [0.2, 0.25) is 0 Å². The molecule has 6 heteroatoms. The molecule has 0 unspecified atom stereocenters. The van der Waals surface area contributed by atoms with Crippen LogP contribution in [0.5, 0.6) is 0 Å². The Bertz CT molecular complexity index is 296. The molecule has 1 saturated heterocycles. The van der Waals surface area contributed by atoms with E-state index in [2.05, 4.69) is 0 Å². The predicted octanol–water partition coefficient (Wildman–Crippen LogP) is 0.521. The van der Waals surface area contributed by atoms with Gasteiger partial charge in [0.05, 0.1) is 32.0 Å². The Morgan fingerprint density at radius 1 is 1.25 bits per heavy atom. The van der Waals surface area contributed by atoms with E-state index in [1.807, 2.05) is 0 Å². The summed E-state index contributed by atoms with van der Waals surface area (Å²) < 4.78 is 36.0. The Labute approximate surface area is 97.7 Å². The van der Waals surface area contributed by atoms with Crippen molar-refractivity contribution >= 4 is 10.1 Å². The minimum atomic E-state index is -3.80. The van der Waals surface area contributed by atoms with Gasteiger partial charge in [0.25, 0.3) is 10.1 Å². The maximum absolute atomic E-state index is 10.6. The van der Waals surface area contributed by atoms with E-state index < -0.39 is 10.1 Å². The van der Waals surface area contributed by atoms with Crippen molar-refractivity contribution in [3.8, 4) is 0 Å². The molecule has 1 aliphatic heterocycles. The van der Waals surface area contributed by atoms with Crippen LogP contribution in [0.4, 0.5) is 0 Å². The molecule has 96 valence electrons. The molecule has 1 rings (SSSR count). The van der Waals surface area contributed by atoms with E-state index in [0.29, 0.717) is 13.0 Å². The molecule has 0 aromatic carbocycles. The number of ether oxygens (including phenoxy) is 1. The Kier molecular flexibility index (Phi) is 5.17. The smallest absolute Gasteiger partial charge is 0.265 e. The van der Waals surface area contributed by atoms with Crippen LogP contribution >= 0.6 is 0 Å². The van der Waals surface area contributed by atoms with Gasteiger partial charge in [-0.2, -0.15) is 8.42 Å². The highest BCUT2D eigenvalue weighted by Gasteiger charge is 2.31. The number of likely N-dealkylation sites (tertiary alicyclic amines) is 1. The highest BCUT2D eigenvalue weighted by atomic mass is 32.2. The molecule has 5 nitrogen and oxygen atoms in total. The SMILES string of the molecule is COCC[N+]1(CCCS(=O)(=O)O)CCCC1.